The van der Waals surface area contributed by atoms with Gasteiger partial charge in [-0.1, -0.05) is 33.6 Å². The Morgan fingerprint density at radius 3 is 2.54 bits per heavy atom. The van der Waals surface area contributed by atoms with Crippen LogP contribution >= 0.6 is 31.9 Å². The van der Waals surface area contributed by atoms with Crippen LogP contribution in [0, 0.1) is 6.92 Å². The highest BCUT2D eigenvalue weighted by atomic mass is 79.9. The average Bonchev–Trinajstić information content (AvgIpc) is 2.55. The molecule has 24 heavy (non-hydrogen) atoms. The molecule has 1 heterocycles. The molecule has 0 unspecified atom stereocenters. The number of amides is 1. The molecule has 0 radical (unpaired) electrons. The van der Waals surface area contributed by atoms with Crippen molar-refractivity contribution in [3.63, 3.8) is 0 Å². The van der Waals surface area contributed by atoms with E-state index in [0.717, 1.165) is 10.0 Å². The lowest BCUT2D eigenvalue weighted by molar-refractivity contribution is 0.102. The molecule has 3 rings (SSSR count). The fourth-order valence-electron chi connectivity index (χ4n) is 2.24. The summed E-state index contributed by atoms with van der Waals surface area (Å²) in [4.78, 5) is 12.5. The summed E-state index contributed by atoms with van der Waals surface area (Å²) in [5, 5.41) is 15.8. The van der Waals surface area contributed by atoms with Gasteiger partial charge in [0, 0.05) is 15.5 Å². The Hall–Kier alpha value is -2.12. The minimum absolute atomic E-state index is 0.135. The van der Waals surface area contributed by atoms with E-state index in [0.29, 0.717) is 21.1 Å². The normalized spacial score (nSPS) is 11.7. The zero-order chi connectivity index (χ0) is 17.3. The number of hydrogen-bond acceptors (Lipinski definition) is 4. The van der Waals surface area contributed by atoms with Gasteiger partial charge in [-0.15, -0.1) is 0 Å². The number of halogens is 2. The van der Waals surface area contributed by atoms with Gasteiger partial charge in [0.15, 0.2) is 5.58 Å². The number of anilines is 1. The monoisotopic (exact) mass is 450 g/mol. The summed E-state index contributed by atoms with van der Waals surface area (Å²) in [7, 11) is 0. The molecular weight excluding hydrogens is 440 g/mol. The van der Waals surface area contributed by atoms with Crippen molar-refractivity contribution in [3.05, 3.63) is 68.1 Å². The predicted octanol–water partition coefficient (Wildman–Crippen LogP) is 4.81. The van der Waals surface area contributed by atoms with E-state index in [1.54, 1.807) is 24.3 Å². The lowest BCUT2D eigenvalue weighted by Crippen LogP contribution is -2.21. The third-order valence-corrected chi connectivity index (χ3v) is 4.46. The SMILES string of the molecule is Cc1ccc(NC(=O)c2cc3cc(Br)cc(Br)c3oc2=NO)cc1. The lowest BCUT2D eigenvalue weighted by Gasteiger charge is -2.07. The fourth-order valence-corrected chi connectivity index (χ4v) is 3.58. The molecule has 5 nitrogen and oxygen atoms in total. The van der Waals surface area contributed by atoms with Crippen molar-refractivity contribution in [2.75, 3.05) is 5.32 Å². The van der Waals surface area contributed by atoms with Crippen molar-refractivity contribution >= 4 is 54.4 Å². The van der Waals surface area contributed by atoms with Gasteiger partial charge in [-0.05, 0) is 58.3 Å². The minimum Gasteiger partial charge on any atom is -0.434 e. The second-order valence-corrected chi connectivity index (χ2v) is 6.96. The summed E-state index contributed by atoms with van der Waals surface area (Å²) in [5.74, 6) is -0.423. The third-order valence-electron chi connectivity index (χ3n) is 3.41. The molecule has 1 amide bonds. The molecule has 0 bridgehead atoms. The van der Waals surface area contributed by atoms with Gasteiger partial charge in [0.2, 0.25) is 0 Å². The van der Waals surface area contributed by atoms with Crippen LogP contribution in [0.5, 0.6) is 0 Å². The van der Waals surface area contributed by atoms with E-state index in [1.807, 2.05) is 25.1 Å². The van der Waals surface area contributed by atoms with E-state index in [-0.39, 0.29) is 11.1 Å². The topological polar surface area (TPSA) is 74.8 Å². The zero-order valence-corrected chi connectivity index (χ0v) is 15.7. The maximum absolute atomic E-state index is 12.5. The molecule has 3 aromatic rings. The second-order valence-electron chi connectivity index (χ2n) is 5.19. The molecule has 0 saturated carbocycles. The van der Waals surface area contributed by atoms with E-state index in [4.69, 9.17) is 4.42 Å². The number of carbonyl (C=O) groups is 1. The summed E-state index contributed by atoms with van der Waals surface area (Å²) < 4.78 is 7.07. The number of carbonyl (C=O) groups excluding carboxylic acids is 1. The Labute approximate surface area is 154 Å². The number of benzene rings is 2. The van der Waals surface area contributed by atoms with Crippen LogP contribution in [-0.2, 0) is 0 Å². The number of hydrogen-bond donors (Lipinski definition) is 2. The Morgan fingerprint density at radius 2 is 1.88 bits per heavy atom. The number of rotatable bonds is 2. The summed E-state index contributed by atoms with van der Waals surface area (Å²) in [6.07, 6.45) is 0. The average molecular weight is 452 g/mol. The number of nitrogens with zero attached hydrogens (tertiary/aromatic N) is 1. The van der Waals surface area contributed by atoms with Gasteiger partial charge in [-0.25, -0.2) is 0 Å². The van der Waals surface area contributed by atoms with Crippen LogP contribution < -0.4 is 10.9 Å². The van der Waals surface area contributed by atoms with Crippen molar-refractivity contribution in [2.45, 2.75) is 6.92 Å². The maximum Gasteiger partial charge on any atom is 0.268 e. The van der Waals surface area contributed by atoms with E-state index < -0.39 is 5.91 Å². The Bertz CT molecular complexity index is 995. The van der Waals surface area contributed by atoms with Gasteiger partial charge >= 0.3 is 0 Å². The fraction of sp³-hybridized carbons (Fsp3) is 0.0588. The largest absolute Gasteiger partial charge is 0.434 e. The summed E-state index contributed by atoms with van der Waals surface area (Å²) >= 11 is 6.78. The first kappa shape index (κ1) is 16.7. The Balaban J connectivity index is 2.07. The van der Waals surface area contributed by atoms with Crippen LogP contribution in [0.1, 0.15) is 15.9 Å². The quantitative estimate of drug-likeness (QED) is 0.433. The Morgan fingerprint density at radius 1 is 1.17 bits per heavy atom. The van der Waals surface area contributed by atoms with Crippen molar-refractivity contribution in [2.24, 2.45) is 5.16 Å². The minimum atomic E-state index is -0.423. The van der Waals surface area contributed by atoms with Crippen molar-refractivity contribution in [1.29, 1.82) is 0 Å². The highest BCUT2D eigenvalue weighted by Crippen LogP contribution is 2.28. The zero-order valence-electron chi connectivity index (χ0n) is 12.5. The molecule has 7 heteroatoms. The van der Waals surface area contributed by atoms with Crippen molar-refractivity contribution in [1.82, 2.24) is 0 Å². The van der Waals surface area contributed by atoms with Gasteiger partial charge in [0.1, 0.15) is 5.56 Å². The van der Waals surface area contributed by atoms with Crippen molar-refractivity contribution < 1.29 is 14.4 Å². The van der Waals surface area contributed by atoms with Crippen molar-refractivity contribution in [3.8, 4) is 0 Å². The van der Waals surface area contributed by atoms with Gasteiger partial charge in [-0.3, -0.25) is 4.79 Å². The van der Waals surface area contributed by atoms with E-state index in [1.165, 1.54) is 0 Å². The van der Waals surface area contributed by atoms with E-state index in [2.05, 4.69) is 42.3 Å². The molecule has 0 aliphatic rings. The van der Waals surface area contributed by atoms with Gasteiger partial charge < -0.3 is 14.9 Å². The summed E-state index contributed by atoms with van der Waals surface area (Å²) in [6, 6.07) is 12.6. The van der Waals surface area contributed by atoms with E-state index >= 15 is 0 Å². The van der Waals surface area contributed by atoms with Crippen LogP contribution in [0.2, 0.25) is 0 Å². The molecule has 0 aliphatic heterocycles. The molecular formula is C17H12Br2N2O3. The molecule has 2 aromatic carbocycles. The number of fused-ring (bicyclic) bond motifs is 1. The molecule has 0 fully saturated rings. The first-order valence-corrected chi connectivity index (χ1v) is 8.55. The highest BCUT2D eigenvalue weighted by Gasteiger charge is 2.15. The van der Waals surface area contributed by atoms with Crippen LogP contribution in [0.4, 0.5) is 5.69 Å². The van der Waals surface area contributed by atoms with Crippen LogP contribution in [0.25, 0.3) is 11.0 Å². The smallest absolute Gasteiger partial charge is 0.268 e. The molecule has 0 spiro atoms. The molecule has 2 N–H and O–H groups in total. The highest BCUT2D eigenvalue weighted by molar-refractivity contribution is 9.11. The molecule has 0 atom stereocenters. The maximum atomic E-state index is 12.5. The first-order chi connectivity index (χ1) is 11.5. The molecule has 1 aromatic heterocycles. The third kappa shape index (κ3) is 3.37. The van der Waals surface area contributed by atoms with Crippen LogP contribution in [0.15, 0.2) is 61.0 Å². The van der Waals surface area contributed by atoms with Gasteiger partial charge in [0.05, 0.1) is 4.47 Å². The summed E-state index contributed by atoms with van der Waals surface area (Å²) in [6.45, 7) is 1.96. The van der Waals surface area contributed by atoms with Gasteiger partial charge in [0.25, 0.3) is 11.5 Å². The predicted molar refractivity (Wildman–Crippen MR) is 98.1 cm³/mol. The molecule has 0 aliphatic carbocycles. The summed E-state index contributed by atoms with van der Waals surface area (Å²) in [5.41, 5.74) is 2.20. The van der Waals surface area contributed by atoms with E-state index in [9.17, 15) is 10.0 Å². The molecule has 0 saturated heterocycles. The van der Waals surface area contributed by atoms with Gasteiger partial charge in [-0.2, -0.15) is 0 Å². The lowest BCUT2D eigenvalue weighted by atomic mass is 10.1. The standard InChI is InChI=1S/C17H12Br2N2O3/c1-9-2-4-12(5-3-9)20-16(22)13-7-10-6-11(18)8-14(19)15(10)24-17(13)21-23/h2-8,23H,1H3,(H,20,22). The van der Waals surface area contributed by atoms with Crippen LogP contribution in [0.3, 0.4) is 0 Å². The van der Waals surface area contributed by atoms with Crippen LogP contribution in [-0.4, -0.2) is 11.1 Å². The Kier molecular flexibility index (Phi) is 4.73. The second kappa shape index (κ2) is 6.78. The number of aryl methyl sites for hydroxylation is 1. The number of nitrogens with one attached hydrogen (secondary N) is 1. The molecule has 122 valence electrons. The first-order valence-electron chi connectivity index (χ1n) is 6.97.